The molecule has 0 saturated carbocycles. The van der Waals surface area contributed by atoms with Crippen LogP contribution in [0, 0.1) is 11.7 Å². The van der Waals surface area contributed by atoms with Crippen LogP contribution in [0.3, 0.4) is 0 Å². The summed E-state index contributed by atoms with van der Waals surface area (Å²) in [5.41, 5.74) is 5.78. The average Bonchev–Trinajstić information content (AvgIpc) is 2.39. The number of nitrogens with two attached hydrogens (primary N) is 1. The third-order valence-electron chi connectivity index (χ3n) is 2.71. The Kier molecular flexibility index (Phi) is 5.64. The van der Waals surface area contributed by atoms with Gasteiger partial charge in [0.1, 0.15) is 5.82 Å². The second-order valence-corrected chi connectivity index (χ2v) is 4.91. The molecule has 1 aromatic carbocycles. The lowest BCUT2D eigenvalue weighted by atomic mass is 10.0. The Morgan fingerprint density at radius 2 is 2.05 bits per heavy atom. The fraction of sp³-hybridized carbons (Fsp3) is 0.429. The topological polar surface area (TPSA) is 81.4 Å². The van der Waals surface area contributed by atoms with Crippen molar-refractivity contribution >= 4 is 17.6 Å². The van der Waals surface area contributed by atoms with Crippen LogP contribution < -0.4 is 11.1 Å². The van der Waals surface area contributed by atoms with Gasteiger partial charge in [-0.3, -0.25) is 4.79 Å². The second-order valence-electron chi connectivity index (χ2n) is 4.91. The number of ether oxygens (including phenoxy) is 1. The third kappa shape index (κ3) is 4.31. The molecule has 0 saturated heterocycles. The van der Waals surface area contributed by atoms with Crippen molar-refractivity contribution in [3.05, 3.63) is 29.6 Å². The van der Waals surface area contributed by atoms with Crippen LogP contribution in [0.5, 0.6) is 0 Å². The van der Waals surface area contributed by atoms with E-state index in [1.165, 1.54) is 19.2 Å². The van der Waals surface area contributed by atoms with Gasteiger partial charge in [-0.05, 0) is 30.5 Å². The number of halogens is 1. The molecule has 6 heteroatoms. The van der Waals surface area contributed by atoms with E-state index in [2.05, 4.69) is 10.1 Å². The predicted octanol–water partition coefficient (Wildman–Crippen LogP) is 1.92. The predicted molar refractivity (Wildman–Crippen MR) is 73.8 cm³/mol. The summed E-state index contributed by atoms with van der Waals surface area (Å²) >= 11 is 0. The highest BCUT2D eigenvalue weighted by Gasteiger charge is 2.17. The van der Waals surface area contributed by atoms with Crippen molar-refractivity contribution in [2.75, 3.05) is 12.4 Å². The van der Waals surface area contributed by atoms with Crippen LogP contribution in [-0.4, -0.2) is 25.0 Å². The van der Waals surface area contributed by atoms with Gasteiger partial charge in [-0.1, -0.05) is 13.8 Å². The van der Waals surface area contributed by atoms with E-state index in [1.54, 1.807) is 0 Å². The van der Waals surface area contributed by atoms with Gasteiger partial charge in [0.25, 0.3) is 0 Å². The molecule has 0 fully saturated rings. The monoisotopic (exact) mass is 282 g/mol. The molecule has 1 aromatic rings. The molecule has 0 heterocycles. The van der Waals surface area contributed by atoms with E-state index in [4.69, 9.17) is 5.73 Å². The van der Waals surface area contributed by atoms with Gasteiger partial charge in [0.05, 0.1) is 24.4 Å². The first-order valence-electron chi connectivity index (χ1n) is 6.29. The highest BCUT2D eigenvalue weighted by molar-refractivity contribution is 5.97. The molecule has 1 unspecified atom stereocenters. The van der Waals surface area contributed by atoms with Crippen molar-refractivity contribution in [3.8, 4) is 0 Å². The first-order valence-corrected chi connectivity index (χ1v) is 6.29. The molecule has 1 amide bonds. The normalized spacial score (nSPS) is 12.1. The highest BCUT2D eigenvalue weighted by Crippen LogP contribution is 2.17. The Balaban J connectivity index is 2.86. The molecule has 3 N–H and O–H groups in total. The number of hydrogen-bond donors (Lipinski definition) is 2. The molecule has 0 radical (unpaired) electrons. The Morgan fingerprint density at radius 1 is 1.40 bits per heavy atom. The van der Waals surface area contributed by atoms with Crippen molar-refractivity contribution in [3.63, 3.8) is 0 Å². The lowest BCUT2D eigenvalue weighted by molar-refractivity contribution is -0.117. The van der Waals surface area contributed by atoms with Gasteiger partial charge < -0.3 is 15.8 Å². The molecule has 5 nitrogen and oxygen atoms in total. The molecule has 0 bridgehead atoms. The number of benzene rings is 1. The van der Waals surface area contributed by atoms with Gasteiger partial charge in [0, 0.05) is 0 Å². The van der Waals surface area contributed by atoms with Gasteiger partial charge in [0.15, 0.2) is 0 Å². The lowest BCUT2D eigenvalue weighted by Gasteiger charge is -2.15. The number of anilines is 1. The van der Waals surface area contributed by atoms with Crippen LogP contribution in [0.15, 0.2) is 18.2 Å². The summed E-state index contributed by atoms with van der Waals surface area (Å²) in [5.74, 6) is -1.48. The molecule has 0 aliphatic carbocycles. The standard InChI is InChI=1S/C14H19FN2O3/c1-8(2)6-11(16)13(18)17-12-7-9(14(19)20-3)4-5-10(12)15/h4-5,7-8,11H,6,16H2,1-3H3,(H,17,18). The first-order chi connectivity index (χ1) is 9.35. The maximum atomic E-state index is 13.6. The van der Waals surface area contributed by atoms with E-state index in [-0.39, 0.29) is 17.2 Å². The van der Waals surface area contributed by atoms with Crippen LogP contribution in [0.1, 0.15) is 30.6 Å². The number of nitrogens with one attached hydrogen (secondary N) is 1. The Morgan fingerprint density at radius 3 is 2.60 bits per heavy atom. The Bertz CT molecular complexity index is 503. The van der Waals surface area contributed by atoms with Crippen molar-refractivity contribution in [2.24, 2.45) is 11.7 Å². The molecule has 20 heavy (non-hydrogen) atoms. The maximum absolute atomic E-state index is 13.6. The average molecular weight is 282 g/mol. The Hall–Kier alpha value is -1.95. The van der Waals surface area contributed by atoms with Gasteiger partial charge in [-0.25, -0.2) is 9.18 Å². The summed E-state index contributed by atoms with van der Waals surface area (Å²) in [6, 6.07) is 2.87. The smallest absolute Gasteiger partial charge is 0.337 e. The first kappa shape index (κ1) is 16.1. The molecular formula is C14H19FN2O3. The van der Waals surface area contributed by atoms with Crippen molar-refractivity contribution in [1.29, 1.82) is 0 Å². The number of methoxy groups -OCH3 is 1. The van der Waals surface area contributed by atoms with E-state index in [1.807, 2.05) is 13.8 Å². The van der Waals surface area contributed by atoms with Gasteiger partial charge >= 0.3 is 5.97 Å². The minimum absolute atomic E-state index is 0.0860. The number of hydrogen-bond acceptors (Lipinski definition) is 4. The van der Waals surface area contributed by atoms with E-state index in [9.17, 15) is 14.0 Å². The SMILES string of the molecule is COC(=O)c1ccc(F)c(NC(=O)C(N)CC(C)C)c1. The number of rotatable bonds is 5. The molecule has 0 spiro atoms. The molecule has 0 aliphatic heterocycles. The fourth-order valence-electron chi connectivity index (χ4n) is 1.71. The summed E-state index contributed by atoms with van der Waals surface area (Å²) in [6.07, 6.45) is 0.490. The summed E-state index contributed by atoms with van der Waals surface area (Å²) < 4.78 is 18.2. The maximum Gasteiger partial charge on any atom is 0.337 e. The van der Waals surface area contributed by atoms with Crippen LogP contribution in [0.2, 0.25) is 0 Å². The number of esters is 1. The number of carbonyl (C=O) groups is 2. The molecule has 0 aromatic heterocycles. The largest absolute Gasteiger partial charge is 0.465 e. The second kappa shape index (κ2) is 7.00. The fourth-order valence-corrected chi connectivity index (χ4v) is 1.71. The zero-order chi connectivity index (χ0) is 15.3. The summed E-state index contributed by atoms with van der Waals surface area (Å²) in [5, 5.41) is 2.39. The third-order valence-corrected chi connectivity index (χ3v) is 2.71. The van der Waals surface area contributed by atoms with Gasteiger partial charge in [0.2, 0.25) is 5.91 Å². The van der Waals surface area contributed by atoms with Gasteiger partial charge in [-0.2, -0.15) is 0 Å². The van der Waals surface area contributed by atoms with Crippen LogP contribution in [0.25, 0.3) is 0 Å². The zero-order valence-electron chi connectivity index (χ0n) is 11.8. The Labute approximate surface area is 117 Å². The highest BCUT2D eigenvalue weighted by atomic mass is 19.1. The number of amides is 1. The van der Waals surface area contributed by atoms with Crippen LogP contribution >= 0.6 is 0 Å². The minimum atomic E-state index is -0.726. The minimum Gasteiger partial charge on any atom is -0.465 e. The number of carbonyl (C=O) groups excluding carboxylic acids is 2. The molecular weight excluding hydrogens is 263 g/mol. The molecule has 110 valence electrons. The van der Waals surface area contributed by atoms with E-state index < -0.39 is 23.7 Å². The summed E-state index contributed by atoms with van der Waals surface area (Å²) in [6.45, 7) is 3.87. The zero-order valence-corrected chi connectivity index (χ0v) is 11.8. The van der Waals surface area contributed by atoms with Crippen molar-refractivity contribution < 1.29 is 18.7 Å². The van der Waals surface area contributed by atoms with Crippen molar-refractivity contribution in [1.82, 2.24) is 0 Å². The summed E-state index contributed by atoms with van der Waals surface area (Å²) in [7, 11) is 1.22. The quantitative estimate of drug-likeness (QED) is 0.808. The van der Waals surface area contributed by atoms with Crippen LogP contribution in [-0.2, 0) is 9.53 Å². The van der Waals surface area contributed by atoms with Crippen LogP contribution in [0.4, 0.5) is 10.1 Å². The van der Waals surface area contributed by atoms with E-state index >= 15 is 0 Å². The van der Waals surface area contributed by atoms with E-state index in [0.717, 1.165) is 6.07 Å². The molecule has 0 aliphatic rings. The molecule has 1 atom stereocenters. The van der Waals surface area contributed by atoms with E-state index in [0.29, 0.717) is 6.42 Å². The summed E-state index contributed by atoms with van der Waals surface area (Å²) in [4.78, 5) is 23.2. The van der Waals surface area contributed by atoms with Gasteiger partial charge in [-0.15, -0.1) is 0 Å². The lowest BCUT2D eigenvalue weighted by Crippen LogP contribution is -2.36. The van der Waals surface area contributed by atoms with Crippen molar-refractivity contribution in [2.45, 2.75) is 26.3 Å². The molecule has 1 rings (SSSR count).